The highest BCUT2D eigenvalue weighted by Gasteiger charge is 2.33. The van der Waals surface area contributed by atoms with Crippen LogP contribution in [-0.4, -0.2) is 37.2 Å². The molecular weight excluding hydrogens is 138 g/mol. The van der Waals surface area contributed by atoms with Crippen molar-refractivity contribution in [2.45, 2.75) is 37.8 Å². The molecule has 0 unspecified atom stereocenters. The molecule has 2 aliphatic heterocycles. The van der Waals surface area contributed by atoms with Crippen LogP contribution in [0.25, 0.3) is 0 Å². The number of hydrogen-bond donors (Lipinski definition) is 0. The molecule has 0 aliphatic carbocycles. The summed E-state index contributed by atoms with van der Waals surface area (Å²) in [6, 6.07) is 0.855. The molecule has 0 aromatic rings. The fourth-order valence-electron chi connectivity index (χ4n) is 2.38. The molecule has 0 saturated carbocycles. The van der Waals surface area contributed by atoms with Gasteiger partial charge in [-0.2, -0.15) is 0 Å². The molecule has 2 saturated heterocycles. The zero-order chi connectivity index (χ0) is 7.68. The summed E-state index contributed by atoms with van der Waals surface area (Å²) in [6.45, 7) is 2.49. The van der Waals surface area contributed by atoms with Crippen molar-refractivity contribution in [3.05, 3.63) is 0 Å². The molecule has 0 bridgehead atoms. The molecule has 0 N–H and O–H groups in total. The summed E-state index contributed by atoms with van der Waals surface area (Å²) in [6.07, 6.45) is 6.03. The zero-order valence-electron chi connectivity index (χ0n) is 7.25. The molecule has 2 nitrogen and oxygen atoms in total. The van der Waals surface area contributed by atoms with Crippen molar-refractivity contribution in [1.29, 1.82) is 0 Å². The Hall–Kier alpha value is -0.0800. The Labute approximate surface area is 68.5 Å². The van der Waals surface area contributed by atoms with Crippen LogP contribution >= 0.6 is 0 Å². The zero-order valence-corrected chi connectivity index (χ0v) is 7.25. The maximum Gasteiger partial charge on any atom is 0.0713 e. The van der Waals surface area contributed by atoms with Crippen molar-refractivity contribution < 1.29 is 4.74 Å². The van der Waals surface area contributed by atoms with E-state index in [0.29, 0.717) is 6.10 Å². The van der Waals surface area contributed by atoms with E-state index in [1.54, 1.807) is 0 Å². The van der Waals surface area contributed by atoms with Crippen LogP contribution < -0.4 is 0 Å². The molecule has 0 spiro atoms. The van der Waals surface area contributed by atoms with Crippen molar-refractivity contribution in [2.24, 2.45) is 0 Å². The topological polar surface area (TPSA) is 12.5 Å². The van der Waals surface area contributed by atoms with Gasteiger partial charge >= 0.3 is 0 Å². The Balaban J connectivity index is 1.92. The summed E-state index contributed by atoms with van der Waals surface area (Å²) >= 11 is 0. The number of piperidine rings is 1. The quantitative estimate of drug-likeness (QED) is 0.565. The van der Waals surface area contributed by atoms with Gasteiger partial charge < -0.3 is 4.74 Å². The molecule has 2 rings (SSSR count). The van der Waals surface area contributed by atoms with Crippen molar-refractivity contribution in [3.8, 4) is 0 Å². The molecule has 11 heavy (non-hydrogen) atoms. The molecule has 0 amide bonds. The van der Waals surface area contributed by atoms with Crippen LogP contribution in [0.3, 0.4) is 0 Å². The number of nitrogens with zero attached hydrogens (tertiary/aromatic N) is 1. The van der Waals surface area contributed by atoms with E-state index in [1.807, 2.05) is 7.11 Å². The highest BCUT2D eigenvalue weighted by atomic mass is 16.5. The molecule has 2 heterocycles. The van der Waals surface area contributed by atoms with E-state index in [2.05, 4.69) is 4.90 Å². The third-order valence-corrected chi connectivity index (χ3v) is 3.06. The normalized spacial score (nSPS) is 39.0. The van der Waals surface area contributed by atoms with Crippen molar-refractivity contribution in [3.63, 3.8) is 0 Å². The second-order valence-electron chi connectivity index (χ2n) is 3.74. The van der Waals surface area contributed by atoms with Gasteiger partial charge in [-0.05, 0) is 25.8 Å². The van der Waals surface area contributed by atoms with Gasteiger partial charge in [0, 0.05) is 19.7 Å². The van der Waals surface area contributed by atoms with Crippen molar-refractivity contribution >= 4 is 0 Å². The number of ether oxygens (including phenoxy) is 1. The predicted octanol–water partition coefficient (Wildman–Crippen LogP) is 1.26. The summed E-state index contributed by atoms with van der Waals surface area (Å²) in [5, 5.41) is 0. The van der Waals surface area contributed by atoms with Gasteiger partial charge in [0.2, 0.25) is 0 Å². The lowest BCUT2D eigenvalue weighted by Crippen LogP contribution is -2.34. The molecule has 2 atom stereocenters. The van der Waals surface area contributed by atoms with Crippen LogP contribution in [0.5, 0.6) is 0 Å². The lowest BCUT2D eigenvalue weighted by molar-refractivity contribution is 0.107. The summed E-state index contributed by atoms with van der Waals surface area (Å²) in [5.41, 5.74) is 0. The highest BCUT2D eigenvalue weighted by molar-refractivity contribution is 4.88. The Bertz CT molecular complexity index is 124. The number of rotatable bonds is 1. The molecular formula is C9H17NO. The van der Waals surface area contributed by atoms with Crippen LogP contribution in [0.15, 0.2) is 0 Å². The predicted molar refractivity (Wildman–Crippen MR) is 44.6 cm³/mol. The fraction of sp³-hybridized carbons (Fsp3) is 1.00. The van der Waals surface area contributed by atoms with Crippen LogP contribution in [0, 0.1) is 0 Å². The number of methoxy groups -OCH3 is 1. The molecule has 64 valence electrons. The van der Waals surface area contributed by atoms with E-state index in [0.717, 1.165) is 6.04 Å². The summed E-state index contributed by atoms with van der Waals surface area (Å²) in [4.78, 5) is 2.59. The lowest BCUT2D eigenvalue weighted by atomic mass is 10.0. The second kappa shape index (κ2) is 3.11. The van der Waals surface area contributed by atoms with Crippen LogP contribution in [0.1, 0.15) is 25.7 Å². The van der Waals surface area contributed by atoms with Gasteiger partial charge in [0.15, 0.2) is 0 Å². The van der Waals surface area contributed by atoms with E-state index in [1.165, 1.54) is 38.8 Å². The molecule has 0 aromatic carbocycles. The van der Waals surface area contributed by atoms with Gasteiger partial charge in [-0.15, -0.1) is 0 Å². The van der Waals surface area contributed by atoms with Gasteiger partial charge in [0.1, 0.15) is 0 Å². The smallest absolute Gasteiger partial charge is 0.0713 e. The van der Waals surface area contributed by atoms with E-state index in [4.69, 9.17) is 4.74 Å². The van der Waals surface area contributed by atoms with Gasteiger partial charge in [-0.1, -0.05) is 6.42 Å². The van der Waals surface area contributed by atoms with E-state index >= 15 is 0 Å². The summed E-state index contributed by atoms with van der Waals surface area (Å²) < 4.78 is 5.36. The first-order valence-corrected chi connectivity index (χ1v) is 4.67. The first kappa shape index (κ1) is 7.56. The lowest BCUT2D eigenvalue weighted by Gasteiger charge is -2.28. The van der Waals surface area contributed by atoms with Crippen molar-refractivity contribution in [2.75, 3.05) is 20.2 Å². The Morgan fingerprint density at radius 1 is 1.36 bits per heavy atom. The van der Waals surface area contributed by atoms with Gasteiger partial charge in [-0.3, -0.25) is 4.90 Å². The monoisotopic (exact) mass is 155 g/mol. The van der Waals surface area contributed by atoms with Crippen LogP contribution in [0.4, 0.5) is 0 Å². The fourth-order valence-corrected chi connectivity index (χ4v) is 2.38. The Kier molecular flexibility index (Phi) is 2.14. The second-order valence-corrected chi connectivity index (χ2v) is 3.74. The SMILES string of the molecule is CO[C@H]1C[C@@H]2CCCCN2C1. The van der Waals surface area contributed by atoms with Gasteiger partial charge in [-0.25, -0.2) is 0 Å². The minimum Gasteiger partial charge on any atom is -0.380 e. The van der Waals surface area contributed by atoms with E-state index < -0.39 is 0 Å². The molecule has 0 aromatic heterocycles. The molecule has 2 aliphatic rings. The maximum atomic E-state index is 5.36. The third-order valence-electron chi connectivity index (χ3n) is 3.06. The number of fused-ring (bicyclic) bond motifs is 1. The van der Waals surface area contributed by atoms with Gasteiger partial charge in [0.25, 0.3) is 0 Å². The maximum absolute atomic E-state index is 5.36. The number of hydrogen-bond acceptors (Lipinski definition) is 2. The first-order valence-electron chi connectivity index (χ1n) is 4.67. The summed E-state index contributed by atoms with van der Waals surface area (Å²) in [5.74, 6) is 0. The highest BCUT2D eigenvalue weighted by Crippen LogP contribution is 2.27. The molecule has 2 heteroatoms. The third kappa shape index (κ3) is 1.42. The first-order chi connectivity index (χ1) is 5.40. The summed E-state index contributed by atoms with van der Waals surface area (Å²) in [7, 11) is 1.84. The van der Waals surface area contributed by atoms with Crippen LogP contribution in [0.2, 0.25) is 0 Å². The molecule has 0 radical (unpaired) electrons. The average molecular weight is 155 g/mol. The molecule has 2 fully saturated rings. The largest absolute Gasteiger partial charge is 0.380 e. The van der Waals surface area contributed by atoms with E-state index in [-0.39, 0.29) is 0 Å². The minimum atomic E-state index is 0.526. The van der Waals surface area contributed by atoms with E-state index in [9.17, 15) is 0 Å². The minimum absolute atomic E-state index is 0.526. The Morgan fingerprint density at radius 3 is 3.00 bits per heavy atom. The standard InChI is InChI=1S/C9H17NO/c1-11-9-6-8-4-2-3-5-10(8)7-9/h8-9H,2-7H2,1H3/t8-,9-/m0/s1. The van der Waals surface area contributed by atoms with Crippen LogP contribution in [-0.2, 0) is 4.74 Å². The van der Waals surface area contributed by atoms with Gasteiger partial charge in [0.05, 0.1) is 6.10 Å². The van der Waals surface area contributed by atoms with Crippen molar-refractivity contribution in [1.82, 2.24) is 4.90 Å². The Morgan fingerprint density at radius 2 is 2.27 bits per heavy atom. The average Bonchev–Trinajstić information content (AvgIpc) is 2.46.